The van der Waals surface area contributed by atoms with Crippen LogP contribution < -0.4 is 19.1 Å². The summed E-state index contributed by atoms with van der Waals surface area (Å²) in [6, 6.07) is 20.9. The second-order valence-corrected chi connectivity index (χ2v) is 9.56. The van der Waals surface area contributed by atoms with Gasteiger partial charge < -0.3 is 19.3 Å². The van der Waals surface area contributed by atoms with Gasteiger partial charge in [-0.15, -0.1) is 11.3 Å². The number of hydrogen-bond acceptors (Lipinski definition) is 8. The maximum absolute atomic E-state index is 13.4. The number of hydrogen-bond donors (Lipinski definition) is 1. The molecule has 2 aliphatic rings. The molecule has 9 heteroatoms. The van der Waals surface area contributed by atoms with Crippen molar-refractivity contribution in [2.75, 3.05) is 18.1 Å². The fourth-order valence-corrected chi connectivity index (χ4v) is 5.21. The van der Waals surface area contributed by atoms with Crippen molar-refractivity contribution in [2.45, 2.75) is 12.6 Å². The molecule has 2 aliphatic heterocycles. The molecule has 0 unspecified atom stereocenters. The molecule has 6 rings (SSSR count). The number of aliphatic hydroxyl groups is 1. The number of Topliss-reactive ketones (excluding diaryl/α,β-unsaturated/α-hetero) is 1. The van der Waals surface area contributed by atoms with Crippen LogP contribution in [0.3, 0.4) is 0 Å². The van der Waals surface area contributed by atoms with Crippen LogP contribution in [0.4, 0.5) is 5.13 Å². The minimum atomic E-state index is -0.908. The summed E-state index contributed by atoms with van der Waals surface area (Å²) in [5.41, 5.74) is 1.91. The Morgan fingerprint density at radius 1 is 1.00 bits per heavy atom. The Balaban J connectivity index is 1.43. The third-order valence-corrected chi connectivity index (χ3v) is 7.08. The van der Waals surface area contributed by atoms with Gasteiger partial charge in [-0.1, -0.05) is 42.5 Å². The zero-order valence-corrected chi connectivity index (χ0v) is 20.9. The zero-order chi connectivity index (χ0) is 26.1. The van der Waals surface area contributed by atoms with Crippen LogP contribution in [-0.4, -0.2) is 35.0 Å². The van der Waals surface area contributed by atoms with Crippen LogP contribution in [0.25, 0.3) is 5.76 Å². The molecule has 1 fully saturated rings. The Bertz CT molecular complexity index is 1530. The van der Waals surface area contributed by atoms with Gasteiger partial charge in [-0.2, -0.15) is 0 Å². The normalized spacial score (nSPS) is 18.0. The molecule has 3 heterocycles. The first-order valence-corrected chi connectivity index (χ1v) is 12.9. The van der Waals surface area contributed by atoms with Gasteiger partial charge in [0.2, 0.25) is 0 Å². The highest BCUT2D eigenvalue weighted by molar-refractivity contribution is 7.14. The van der Waals surface area contributed by atoms with E-state index in [-0.39, 0.29) is 11.3 Å². The van der Waals surface area contributed by atoms with E-state index < -0.39 is 17.7 Å². The van der Waals surface area contributed by atoms with E-state index in [1.165, 1.54) is 16.2 Å². The van der Waals surface area contributed by atoms with E-state index in [0.717, 1.165) is 5.56 Å². The van der Waals surface area contributed by atoms with Gasteiger partial charge in [-0.25, -0.2) is 4.98 Å². The van der Waals surface area contributed by atoms with E-state index in [4.69, 9.17) is 14.2 Å². The fraction of sp³-hybridized carbons (Fsp3) is 0.138. The van der Waals surface area contributed by atoms with Crippen LogP contribution in [0.2, 0.25) is 0 Å². The summed E-state index contributed by atoms with van der Waals surface area (Å²) in [6.45, 7) is 1.16. The molecule has 38 heavy (non-hydrogen) atoms. The van der Waals surface area contributed by atoms with Crippen molar-refractivity contribution in [1.82, 2.24) is 4.98 Å². The van der Waals surface area contributed by atoms with Crippen molar-refractivity contribution >= 4 is 33.9 Å². The summed E-state index contributed by atoms with van der Waals surface area (Å²) < 4.78 is 17.2. The molecule has 0 spiro atoms. The molecular weight excluding hydrogens is 504 g/mol. The molecule has 1 saturated heterocycles. The maximum Gasteiger partial charge on any atom is 0.301 e. The number of amides is 1. The number of fused-ring (bicyclic) bond motifs is 1. The molecule has 8 nitrogen and oxygen atoms in total. The van der Waals surface area contributed by atoms with Gasteiger partial charge in [0.1, 0.15) is 31.3 Å². The lowest BCUT2D eigenvalue weighted by Crippen LogP contribution is -2.29. The molecule has 1 N–H and O–H groups in total. The number of ketones is 1. The Morgan fingerprint density at radius 2 is 1.82 bits per heavy atom. The molecule has 190 valence electrons. The minimum Gasteiger partial charge on any atom is -0.507 e. The second-order valence-electron chi connectivity index (χ2n) is 8.69. The number of thiazole rings is 1. The first kappa shape index (κ1) is 23.7. The predicted octanol–water partition coefficient (Wildman–Crippen LogP) is 5.12. The molecular formula is C29H22N2O6S. The number of carbonyl (C=O) groups excluding carboxylic acids is 2. The SMILES string of the molecule is O=C1C(=O)N(c2nccs2)[C@H](c2cccc(OCc3ccccc3)c2)/C1=C(\O)c1ccc2c(c1)OCCO2. The fourth-order valence-electron chi connectivity index (χ4n) is 4.54. The first-order valence-electron chi connectivity index (χ1n) is 12.0. The molecule has 3 aromatic carbocycles. The number of nitrogens with zero attached hydrogens (tertiary/aromatic N) is 2. The van der Waals surface area contributed by atoms with E-state index in [1.807, 2.05) is 36.4 Å². The van der Waals surface area contributed by atoms with Crippen LogP contribution in [0, 0.1) is 0 Å². The number of aliphatic hydroxyl groups excluding tert-OH is 1. The quantitative estimate of drug-likeness (QED) is 0.212. The molecule has 1 amide bonds. The van der Waals surface area contributed by atoms with E-state index >= 15 is 0 Å². The topological polar surface area (TPSA) is 98.2 Å². The van der Waals surface area contributed by atoms with Gasteiger partial charge >= 0.3 is 5.91 Å². The highest BCUT2D eigenvalue weighted by Gasteiger charge is 2.48. The molecule has 1 atom stereocenters. The maximum atomic E-state index is 13.4. The van der Waals surface area contributed by atoms with Gasteiger partial charge in [0.25, 0.3) is 5.78 Å². The van der Waals surface area contributed by atoms with Crippen molar-refractivity contribution in [1.29, 1.82) is 0 Å². The number of carbonyl (C=O) groups is 2. The summed E-state index contributed by atoms with van der Waals surface area (Å²) in [5.74, 6) is -0.290. The molecule has 0 aliphatic carbocycles. The highest BCUT2D eigenvalue weighted by atomic mass is 32.1. The Morgan fingerprint density at radius 3 is 2.61 bits per heavy atom. The van der Waals surface area contributed by atoms with Crippen LogP contribution in [0.15, 0.2) is 89.9 Å². The molecule has 4 aromatic rings. The molecule has 0 saturated carbocycles. The van der Waals surface area contributed by atoms with Crippen molar-refractivity contribution in [3.8, 4) is 17.2 Å². The lowest BCUT2D eigenvalue weighted by molar-refractivity contribution is -0.132. The number of anilines is 1. The molecule has 0 bridgehead atoms. The standard InChI is InChI=1S/C29H22N2O6S/c32-26(20-9-10-22-23(16-20)36-13-12-35-22)24-25(31(28(34)27(24)33)29-30-11-14-38-29)19-7-4-8-21(15-19)37-17-18-5-2-1-3-6-18/h1-11,14-16,25,32H,12-13,17H2/b26-24+/t25-/m1/s1. The summed E-state index contributed by atoms with van der Waals surface area (Å²) in [5, 5.41) is 13.5. The summed E-state index contributed by atoms with van der Waals surface area (Å²) in [4.78, 5) is 32.3. The molecule has 1 aromatic heterocycles. The van der Waals surface area contributed by atoms with Crippen LogP contribution >= 0.6 is 11.3 Å². The largest absolute Gasteiger partial charge is 0.507 e. The lowest BCUT2D eigenvalue weighted by Gasteiger charge is -2.23. The number of ether oxygens (including phenoxy) is 3. The third-order valence-electron chi connectivity index (χ3n) is 6.31. The van der Waals surface area contributed by atoms with Crippen molar-refractivity contribution in [3.63, 3.8) is 0 Å². The van der Waals surface area contributed by atoms with Gasteiger partial charge in [0.05, 0.1) is 11.6 Å². The lowest BCUT2D eigenvalue weighted by atomic mass is 9.95. The van der Waals surface area contributed by atoms with E-state index in [0.29, 0.717) is 53.3 Å². The molecule has 0 radical (unpaired) electrons. The average molecular weight is 527 g/mol. The monoisotopic (exact) mass is 526 g/mol. The summed E-state index contributed by atoms with van der Waals surface area (Å²) >= 11 is 1.23. The van der Waals surface area contributed by atoms with Gasteiger partial charge in [-0.3, -0.25) is 14.5 Å². The average Bonchev–Trinajstić information content (AvgIpc) is 3.58. The number of aromatic nitrogens is 1. The van der Waals surface area contributed by atoms with Crippen molar-refractivity contribution in [3.05, 3.63) is 107 Å². The summed E-state index contributed by atoms with van der Waals surface area (Å²) in [7, 11) is 0. The number of rotatable bonds is 6. The Hall–Kier alpha value is -4.63. The van der Waals surface area contributed by atoms with E-state index in [9.17, 15) is 14.7 Å². The van der Waals surface area contributed by atoms with Gasteiger partial charge in [0.15, 0.2) is 16.6 Å². The van der Waals surface area contributed by atoms with Crippen molar-refractivity contribution < 1.29 is 28.9 Å². The van der Waals surface area contributed by atoms with E-state index in [2.05, 4.69) is 4.98 Å². The van der Waals surface area contributed by atoms with Crippen molar-refractivity contribution in [2.24, 2.45) is 0 Å². The Labute approximate surface area is 222 Å². The van der Waals surface area contributed by atoms with Crippen LogP contribution in [0.5, 0.6) is 17.2 Å². The zero-order valence-electron chi connectivity index (χ0n) is 20.1. The Kier molecular flexibility index (Phi) is 6.27. The minimum absolute atomic E-state index is 0.0397. The van der Waals surface area contributed by atoms with Gasteiger partial charge in [0, 0.05) is 17.1 Å². The third kappa shape index (κ3) is 4.37. The smallest absolute Gasteiger partial charge is 0.301 e. The summed E-state index contributed by atoms with van der Waals surface area (Å²) in [6.07, 6.45) is 1.57. The highest BCUT2D eigenvalue weighted by Crippen LogP contribution is 2.44. The van der Waals surface area contributed by atoms with Crippen LogP contribution in [-0.2, 0) is 16.2 Å². The first-order chi connectivity index (χ1) is 18.6. The predicted molar refractivity (Wildman–Crippen MR) is 142 cm³/mol. The van der Waals surface area contributed by atoms with E-state index in [1.54, 1.807) is 48.0 Å². The number of benzene rings is 3. The second kappa shape index (κ2) is 10.0. The van der Waals surface area contributed by atoms with Gasteiger partial charge in [-0.05, 0) is 41.5 Å². The van der Waals surface area contributed by atoms with Crippen LogP contribution in [0.1, 0.15) is 22.7 Å².